The second-order valence-electron chi connectivity index (χ2n) is 5.17. The van der Waals surface area contributed by atoms with Gasteiger partial charge in [-0.2, -0.15) is 5.10 Å². The number of rotatable bonds is 7. The molecule has 0 heterocycles. The van der Waals surface area contributed by atoms with Crippen molar-refractivity contribution < 1.29 is 14.3 Å². The molecule has 0 atom stereocenters. The van der Waals surface area contributed by atoms with Crippen molar-refractivity contribution in [2.24, 2.45) is 5.10 Å². The molecule has 0 saturated carbocycles. The van der Waals surface area contributed by atoms with Crippen LogP contribution >= 0.6 is 0 Å². The van der Waals surface area contributed by atoms with Crippen LogP contribution in [0.15, 0.2) is 78.4 Å². The smallest absolute Gasteiger partial charge is 0.411 e. The normalized spacial score (nSPS) is 10.1. The van der Waals surface area contributed by atoms with Crippen molar-refractivity contribution in [3.8, 4) is 0 Å². The molecule has 1 amide bonds. The molecule has 0 fully saturated rings. The van der Waals surface area contributed by atoms with Crippen molar-refractivity contribution >= 4 is 29.0 Å². The largest absolute Gasteiger partial charge is 0.450 e. The number of para-hydroxylation sites is 2. The highest BCUT2D eigenvalue weighted by Crippen LogP contribution is 2.05. The van der Waals surface area contributed by atoms with E-state index in [4.69, 9.17) is 4.74 Å². The maximum atomic E-state index is 11.3. The molecule has 2 aromatic rings. The van der Waals surface area contributed by atoms with E-state index < -0.39 is 6.09 Å². The number of ether oxygens (including phenoxy) is 1. The molecule has 2 N–H and O–H groups in total. The average molecular weight is 367 g/mol. The van der Waals surface area contributed by atoms with Crippen molar-refractivity contribution in [2.45, 2.75) is 20.3 Å². The summed E-state index contributed by atoms with van der Waals surface area (Å²) in [5.74, 6) is -0.138. The van der Waals surface area contributed by atoms with Gasteiger partial charge in [0.2, 0.25) is 5.78 Å². The minimum atomic E-state index is -0.413. The quantitative estimate of drug-likeness (QED) is 0.415. The summed E-state index contributed by atoms with van der Waals surface area (Å²) < 4.78 is 4.70. The first-order valence-electron chi connectivity index (χ1n) is 8.63. The van der Waals surface area contributed by atoms with Gasteiger partial charge in [-0.15, -0.1) is 0 Å². The molecule has 142 valence electrons. The Kier molecular flexibility index (Phi) is 10.3. The zero-order valence-corrected chi connectivity index (χ0v) is 15.6. The predicted octanol–water partition coefficient (Wildman–Crippen LogP) is 4.87. The Labute approximate surface area is 159 Å². The first-order chi connectivity index (χ1) is 13.1. The van der Waals surface area contributed by atoms with Crippen molar-refractivity contribution in [3.05, 3.63) is 73.3 Å². The molecule has 6 heteroatoms. The number of carbonyl (C=O) groups is 2. The first-order valence-corrected chi connectivity index (χ1v) is 8.63. The molecule has 0 bridgehead atoms. The van der Waals surface area contributed by atoms with Gasteiger partial charge in [-0.3, -0.25) is 15.5 Å². The lowest BCUT2D eigenvalue weighted by Gasteiger charge is -2.03. The van der Waals surface area contributed by atoms with Gasteiger partial charge in [0.25, 0.3) is 0 Å². The van der Waals surface area contributed by atoms with E-state index in [-0.39, 0.29) is 5.78 Å². The number of carbonyl (C=O) groups excluding carboxylic acids is 2. The lowest BCUT2D eigenvalue weighted by molar-refractivity contribution is -0.109. The minimum Gasteiger partial charge on any atom is -0.450 e. The summed E-state index contributed by atoms with van der Waals surface area (Å²) in [7, 11) is 0. The van der Waals surface area contributed by atoms with E-state index in [1.54, 1.807) is 19.1 Å². The number of nitrogens with one attached hydrogen (secondary N) is 2. The van der Waals surface area contributed by atoms with Gasteiger partial charge in [-0.1, -0.05) is 49.9 Å². The summed E-state index contributed by atoms with van der Waals surface area (Å²) in [4.78, 5) is 22.2. The third-order valence-corrected chi connectivity index (χ3v) is 3.19. The maximum absolute atomic E-state index is 11.3. The SMILES string of the molecule is C=CC(=O)/C(CC)=N\Nc1ccccc1.CCOC(=O)Nc1ccccc1. The molecule has 0 spiro atoms. The van der Waals surface area contributed by atoms with Gasteiger partial charge < -0.3 is 4.74 Å². The van der Waals surface area contributed by atoms with Crippen molar-refractivity contribution in [3.63, 3.8) is 0 Å². The molecule has 0 radical (unpaired) electrons. The average Bonchev–Trinajstić information content (AvgIpc) is 2.70. The van der Waals surface area contributed by atoms with Crippen LogP contribution in [0.2, 0.25) is 0 Å². The third kappa shape index (κ3) is 9.02. The monoisotopic (exact) mass is 367 g/mol. The summed E-state index contributed by atoms with van der Waals surface area (Å²) in [6.45, 7) is 7.46. The fourth-order valence-electron chi connectivity index (χ4n) is 1.88. The number of hydrogen-bond donors (Lipinski definition) is 2. The van der Waals surface area contributed by atoms with Crippen molar-refractivity contribution in [2.75, 3.05) is 17.3 Å². The Morgan fingerprint density at radius 2 is 1.56 bits per heavy atom. The molecule has 0 aliphatic carbocycles. The van der Waals surface area contributed by atoms with Crippen molar-refractivity contribution in [1.82, 2.24) is 0 Å². The van der Waals surface area contributed by atoms with Crippen LogP contribution in [-0.2, 0) is 9.53 Å². The molecule has 6 nitrogen and oxygen atoms in total. The minimum absolute atomic E-state index is 0.138. The molecule has 0 unspecified atom stereocenters. The summed E-state index contributed by atoms with van der Waals surface area (Å²) in [5.41, 5.74) is 4.92. The van der Waals surface area contributed by atoms with Gasteiger partial charge in [0, 0.05) is 5.69 Å². The van der Waals surface area contributed by atoms with Gasteiger partial charge >= 0.3 is 6.09 Å². The van der Waals surface area contributed by atoms with Gasteiger partial charge in [0.1, 0.15) is 5.71 Å². The second kappa shape index (κ2) is 12.9. The zero-order valence-electron chi connectivity index (χ0n) is 15.6. The summed E-state index contributed by atoms with van der Waals surface area (Å²) in [5, 5.41) is 6.61. The molecule has 0 aliphatic heterocycles. The van der Waals surface area contributed by atoms with Crippen LogP contribution < -0.4 is 10.7 Å². The van der Waals surface area contributed by atoms with Crippen LogP contribution in [0.4, 0.5) is 16.2 Å². The van der Waals surface area contributed by atoms with Crippen molar-refractivity contribution in [1.29, 1.82) is 0 Å². The van der Waals surface area contributed by atoms with E-state index >= 15 is 0 Å². The van der Waals surface area contributed by atoms with Crippen LogP contribution in [0.5, 0.6) is 0 Å². The Morgan fingerprint density at radius 1 is 1.00 bits per heavy atom. The Bertz CT molecular complexity index is 744. The van der Waals surface area contributed by atoms with E-state index in [2.05, 4.69) is 22.4 Å². The number of benzene rings is 2. The number of amides is 1. The van der Waals surface area contributed by atoms with E-state index in [0.717, 1.165) is 11.4 Å². The number of anilines is 2. The predicted molar refractivity (Wildman–Crippen MR) is 110 cm³/mol. The van der Waals surface area contributed by atoms with E-state index in [9.17, 15) is 9.59 Å². The van der Waals surface area contributed by atoms with Gasteiger partial charge in [-0.25, -0.2) is 4.79 Å². The molecular formula is C21H25N3O3. The molecular weight excluding hydrogens is 342 g/mol. The highest BCUT2D eigenvalue weighted by molar-refractivity contribution is 6.43. The molecule has 0 aliphatic rings. The summed E-state index contributed by atoms with van der Waals surface area (Å²) in [6.07, 6.45) is 1.45. The first kappa shape index (κ1) is 21.6. The molecule has 2 aromatic carbocycles. The Balaban J connectivity index is 0.000000277. The standard InChI is InChI=1S/C12H14N2O.C9H11NO2/c1-3-11(12(15)4-2)14-13-10-8-6-5-7-9-10;1-2-12-9(11)10-8-6-4-3-5-7-8/h4-9,13H,2-3H2,1H3;3-7H,2H2,1H3,(H,10,11)/b14-11-;. The fraction of sp³-hybridized carbons (Fsp3) is 0.190. The second-order valence-corrected chi connectivity index (χ2v) is 5.17. The van der Waals surface area contributed by atoms with Gasteiger partial charge in [0.05, 0.1) is 12.3 Å². The number of allylic oxidation sites excluding steroid dienone is 1. The van der Waals surface area contributed by atoms with Gasteiger partial charge in [-0.05, 0) is 43.7 Å². The van der Waals surface area contributed by atoms with E-state index in [1.165, 1.54) is 6.08 Å². The fourth-order valence-corrected chi connectivity index (χ4v) is 1.88. The lowest BCUT2D eigenvalue weighted by atomic mass is 10.2. The molecule has 0 saturated heterocycles. The Morgan fingerprint density at radius 3 is 2.04 bits per heavy atom. The Hall–Kier alpha value is -3.41. The van der Waals surface area contributed by atoms with E-state index in [1.807, 2.05) is 55.5 Å². The highest BCUT2D eigenvalue weighted by Gasteiger charge is 2.04. The maximum Gasteiger partial charge on any atom is 0.411 e. The van der Waals surface area contributed by atoms with Crippen LogP contribution in [0.3, 0.4) is 0 Å². The highest BCUT2D eigenvalue weighted by atomic mass is 16.5. The van der Waals surface area contributed by atoms with Crippen LogP contribution in [-0.4, -0.2) is 24.2 Å². The number of nitrogens with zero attached hydrogens (tertiary/aromatic N) is 1. The number of hydrogen-bond acceptors (Lipinski definition) is 5. The molecule has 2 rings (SSSR count). The summed E-state index contributed by atoms with van der Waals surface area (Å²) >= 11 is 0. The lowest BCUT2D eigenvalue weighted by Crippen LogP contribution is -2.12. The number of ketones is 1. The zero-order chi connectivity index (χ0) is 19.9. The van der Waals surface area contributed by atoms with E-state index in [0.29, 0.717) is 18.7 Å². The van der Waals surface area contributed by atoms with Gasteiger partial charge in [0.15, 0.2) is 0 Å². The van der Waals surface area contributed by atoms with Crippen LogP contribution in [0.25, 0.3) is 0 Å². The number of hydrazone groups is 1. The topological polar surface area (TPSA) is 79.8 Å². The third-order valence-electron chi connectivity index (χ3n) is 3.19. The molecule has 27 heavy (non-hydrogen) atoms. The van der Waals surface area contributed by atoms with Crippen LogP contribution in [0.1, 0.15) is 20.3 Å². The molecule has 0 aromatic heterocycles. The van der Waals surface area contributed by atoms with Crippen LogP contribution in [0, 0.1) is 0 Å². The summed E-state index contributed by atoms with van der Waals surface area (Å²) in [6, 6.07) is 18.7.